The summed E-state index contributed by atoms with van der Waals surface area (Å²) in [6.07, 6.45) is 3.41. The first-order chi connectivity index (χ1) is 12.1. The zero-order chi connectivity index (χ0) is 17.6. The van der Waals surface area contributed by atoms with E-state index in [2.05, 4.69) is 24.9 Å². The molecule has 4 rings (SSSR count). The Kier molecular flexibility index (Phi) is 3.65. The van der Waals surface area contributed by atoms with Crippen LogP contribution in [0.4, 0.5) is 4.39 Å². The van der Waals surface area contributed by atoms with E-state index in [9.17, 15) is 4.39 Å². The average Bonchev–Trinajstić information content (AvgIpc) is 3.08. The lowest BCUT2D eigenvalue weighted by Crippen LogP contribution is -1.96. The van der Waals surface area contributed by atoms with Crippen LogP contribution in [0.5, 0.6) is 0 Å². The van der Waals surface area contributed by atoms with E-state index in [0.29, 0.717) is 5.56 Å². The third kappa shape index (κ3) is 2.52. The number of fused-ring (bicyclic) bond motifs is 1. The first kappa shape index (κ1) is 15.6. The summed E-state index contributed by atoms with van der Waals surface area (Å²) in [5, 5.41) is 0.984. The molecule has 0 saturated heterocycles. The van der Waals surface area contributed by atoms with E-state index in [4.69, 9.17) is 4.42 Å². The molecule has 0 spiro atoms. The molecule has 2 aromatic carbocycles. The van der Waals surface area contributed by atoms with E-state index in [1.54, 1.807) is 18.6 Å². The number of aromatic nitrogens is 1. The van der Waals surface area contributed by atoms with Crippen molar-refractivity contribution >= 4 is 10.9 Å². The molecule has 2 heterocycles. The average molecular weight is 331 g/mol. The van der Waals surface area contributed by atoms with Gasteiger partial charge in [-0.1, -0.05) is 18.2 Å². The Morgan fingerprint density at radius 1 is 0.960 bits per heavy atom. The molecular formula is C22H18FNO. The highest BCUT2D eigenvalue weighted by Crippen LogP contribution is 2.38. The number of rotatable bonds is 2. The number of hydrogen-bond donors (Lipinski definition) is 0. The maximum Gasteiger partial charge on any atom is 0.131 e. The molecule has 0 aliphatic heterocycles. The second kappa shape index (κ2) is 5.85. The third-order valence-electron chi connectivity index (χ3n) is 4.65. The van der Waals surface area contributed by atoms with Crippen molar-refractivity contribution in [2.24, 2.45) is 0 Å². The van der Waals surface area contributed by atoms with Gasteiger partial charge in [0.1, 0.15) is 5.82 Å². The Bertz CT molecular complexity index is 1080. The van der Waals surface area contributed by atoms with Gasteiger partial charge in [0.25, 0.3) is 0 Å². The summed E-state index contributed by atoms with van der Waals surface area (Å²) < 4.78 is 19.8. The molecule has 0 saturated carbocycles. The maximum absolute atomic E-state index is 14.5. The van der Waals surface area contributed by atoms with Gasteiger partial charge in [-0.15, -0.1) is 0 Å². The Balaban J connectivity index is 2.14. The molecule has 0 bridgehead atoms. The zero-order valence-electron chi connectivity index (χ0n) is 14.4. The normalized spacial score (nSPS) is 11.2. The highest BCUT2D eigenvalue weighted by molar-refractivity contribution is 6.01. The SMILES string of the molecule is Cc1cc(-c2ccccc2F)c2c(C)c(-c3ccoc3)c(C)cc2n1. The van der Waals surface area contributed by atoms with Gasteiger partial charge in [-0.05, 0) is 67.3 Å². The fraction of sp³-hybridized carbons (Fsp3) is 0.136. The van der Waals surface area contributed by atoms with Crippen LogP contribution in [0.3, 0.4) is 0 Å². The van der Waals surface area contributed by atoms with E-state index >= 15 is 0 Å². The molecule has 2 aromatic heterocycles. The van der Waals surface area contributed by atoms with Crippen LogP contribution in [0.1, 0.15) is 16.8 Å². The van der Waals surface area contributed by atoms with Crippen molar-refractivity contribution in [3.8, 4) is 22.3 Å². The van der Waals surface area contributed by atoms with Gasteiger partial charge in [0.2, 0.25) is 0 Å². The Labute approximate surface area is 146 Å². The van der Waals surface area contributed by atoms with E-state index in [-0.39, 0.29) is 5.82 Å². The second-order valence-electron chi connectivity index (χ2n) is 6.39. The summed E-state index contributed by atoms with van der Waals surface area (Å²) in [7, 11) is 0. The zero-order valence-corrected chi connectivity index (χ0v) is 14.4. The fourth-order valence-electron chi connectivity index (χ4n) is 3.64. The van der Waals surface area contributed by atoms with Gasteiger partial charge < -0.3 is 4.42 Å². The molecule has 0 radical (unpaired) electrons. The van der Waals surface area contributed by atoms with Gasteiger partial charge in [0, 0.05) is 22.2 Å². The van der Waals surface area contributed by atoms with Crippen LogP contribution in [-0.2, 0) is 0 Å². The standard InChI is InChI=1S/C22H18FNO/c1-13-10-20-22(15(3)21(13)16-8-9-25-12-16)18(11-14(2)24-20)17-6-4-5-7-19(17)23/h4-12H,1-3H3. The molecule has 2 nitrogen and oxygen atoms in total. The third-order valence-corrected chi connectivity index (χ3v) is 4.65. The molecule has 3 heteroatoms. The molecule has 0 amide bonds. The van der Waals surface area contributed by atoms with Crippen molar-refractivity contribution in [3.05, 3.63) is 77.6 Å². The van der Waals surface area contributed by atoms with Crippen LogP contribution in [0.2, 0.25) is 0 Å². The topological polar surface area (TPSA) is 26.0 Å². The molecular weight excluding hydrogens is 313 g/mol. The highest BCUT2D eigenvalue weighted by Gasteiger charge is 2.17. The van der Waals surface area contributed by atoms with Crippen molar-refractivity contribution in [2.45, 2.75) is 20.8 Å². The van der Waals surface area contributed by atoms with Crippen molar-refractivity contribution in [1.82, 2.24) is 4.98 Å². The van der Waals surface area contributed by atoms with Crippen LogP contribution in [0.25, 0.3) is 33.2 Å². The molecule has 0 aliphatic carbocycles. The van der Waals surface area contributed by atoms with Gasteiger partial charge in [-0.2, -0.15) is 0 Å². The first-order valence-corrected chi connectivity index (χ1v) is 8.25. The molecule has 4 aromatic rings. The second-order valence-corrected chi connectivity index (χ2v) is 6.39. The number of halogens is 1. The number of hydrogen-bond acceptors (Lipinski definition) is 2. The molecule has 0 N–H and O–H groups in total. The summed E-state index contributed by atoms with van der Waals surface area (Å²) >= 11 is 0. The predicted octanol–water partition coefficient (Wildman–Crippen LogP) is 6.23. The number of aryl methyl sites for hydroxylation is 3. The van der Waals surface area contributed by atoms with E-state index in [0.717, 1.165) is 44.4 Å². The van der Waals surface area contributed by atoms with Crippen LogP contribution in [-0.4, -0.2) is 4.98 Å². The van der Waals surface area contributed by atoms with Crippen molar-refractivity contribution in [1.29, 1.82) is 0 Å². The lowest BCUT2D eigenvalue weighted by Gasteiger charge is -2.16. The highest BCUT2D eigenvalue weighted by atomic mass is 19.1. The Morgan fingerprint density at radius 2 is 1.76 bits per heavy atom. The maximum atomic E-state index is 14.5. The summed E-state index contributed by atoms with van der Waals surface area (Å²) in [4.78, 5) is 4.69. The quantitative estimate of drug-likeness (QED) is 0.435. The molecule has 124 valence electrons. The van der Waals surface area contributed by atoms with Crippen molar-refractivity contribution in [2.75, 3.05) is 0 Å². The predicted molar refractivity (Wildman–Crippen MR) is 99.1 cm³/mol. The van der Waals surface area contributed by atoms with Gasteiger partial charge in [-0.25, -0.2) is 4.39 Å². The van der Waals surface area contributed by atoms with Crippen LogP contribution >= 0.6 is 0 Å². The van der Waals surface area contributed by atoms with E-state index in [1.165, 1.54) is 6.07 Å². The number of nitrogens with zero attached hydrogens (tertiary/aromatic N) is 1. The number of benzene rings is 2. The number of furan rings is 1. The Hall–Kier alpha value is -2.94. The van der Waals surface area contributed by atoms with Crippen LogP contribution < -0.4 is 0 Å². The van der Waals surface area contributed by atoms with Crippen molar-refractivity contribution < 1.29 is 8.81 Å². The summed E-state index contributed by atoms with van der Waals surface area (Å²) in [5.74, 6) is -0.223. The van der Waals surface area contributed by atoms with Crippen molar-refractivity contribution in [3.63, 3.8) is 0 Å². The molecule has 0 atom stereocenters. The Morgan fingerprint density at radius 3 is 2.48 bits per heavy atom. The smallest absolute Gasteiger partial charge is 0.131 e. The monoisotopic (exact) mass is 331 g/mol. The van der Waals surface area contributed by atoms with Gasteiger partial charge >= 0.3 is 0 Å². The summed E-state index contributed by atoms with van der Waals surface area (Å²) in [6.45, 7) is 6.08. The summed E-state index contributed by atoms with van der Waals surface area (Å²) in [5.41, 5.74) is 7.60. The van der Waals surface area contributed by atoms with E-state index in [1.807, 2.05) is 31.2 Å². The minimum Gasteiger partial charge on any atom is -0.472 e. The lowest BCUT2D eigenvalue weighted by atomic mass is 9.89. The lowest BCUT2D eigenvalue weighted by molar-refractivity contribution is 0.568. The fourth-order valence-corrected chi connectivity index (χ4v) is 3.64. The van der Waals surface area contributed by atoms with Crippen LogP contribution in [0.15, 0.2) is 59.4 Å². The van der Waals surface area contributed by atoms with Gasteiger partial charge in [-0.3, -0.25) is 4.98 Å². The minimum absolute atomic E-state index is 0.223. The molecule has 0 aliphatic rings. The molecule has 0 unspecified atom stereocenters. The summed E-state index contributed by atoms with van der Waals surface area (Å²) in [6, 6.07) is 12.9. The minimum atomic E-state index is -0.223. The molecule has 25 heavy (non-hydrogen) atoms. The van der Waals surface area contributed by atoms with Gasteiger partial charge in [0.15, 0.2) is 0 Å². The van der Waals surface area contributed by atoms with Crippen LogP contribution in [0, 0.1) is 26.6 Å². The van der Waals surface area contributed by atoms with Gasteiger partial charge in [0.05, 0.1) is 18.0 Å². The first-order valence-electron chi connectivity index (χ1n) is 8.25. The number of pyridine rings is 1. The molecule has 0 fully saturated rings. The van der Waals surface area contributed by atoms with E-state index < -0.39 is 0 Å². The largest absolute Gasteiger partial charge is 0.472 e.